The summed E-state index contributed by atoms with van der Waals surface area (Å²) in [7, 11) is 0. The Hall–Kier alpha value is -0.580. The smallest absolute Gasteiger partial charge is 0.126 e. The Morgan fingerprint density at radius 1 is 1.38 bits per heavy atom. The van der Waals surface area contributed by atoms with Gasteiger partial charge in [-0.1, -0.05) is 36.7 Å². The average molecular weight is 358 g/mol. The molecule has 1 atom stereocenters. The first-order valence-electron chi connectivity index (χ1n) is 7.60. The summed E-state index contributed by atoms with van der Waals surface area (Å²) in [5, 5.41) is 13.6. The third kappa shape index (κ3) is 6.37. The Kier molecular flexibility index (Phi) is 7.17. The van der Waals surface area contributed by atoms with Crippen LogP contribution in [0.25, 0.3) is 0 Å². The second-order valence-corrected chi connectivity index (χ2v) is 7.29. The molecule has 0 aliphatic carbocycles. The van der Waals surface area contributed by atoms with Gasteiger partial charge in [0.05, 0.1) is 5.60 Å². The Morgan fingerprint density at radius 2 is 2.05 bits per heavy atom. The van der Waals surface area contributed by atoms with E-state index in [0.717, 1.165) is 34.4 Å². The number of rotatable bonds is 8. The van der Waals surface area contributed by atoms with Crippen LogP contribution in [0, 0.1) is 12.8 Å². The van der Waals surface area contributed by atoms with Gasteiger partial charge in [0.1, 0.15) is 12.4 Å². The Balaban J connectivity index is 2.84. The minimum absolute atomic E-state index is 0.309. The third-order valence-electron chi connectivity index (χ3n) is 3.47. The van der Waals surface area contributed by atoms with E-state index in [1.807, 2.05) is 19.9 Å². The van der Waals surface area contributed by atoms with Crippen molar-refractivity contribution in [2.75, 3.05) is 13.2 Å². The lowest BCUT2D eigenvalue weighted by molar-refractivity contribution is 0.00795. The topological polar surface area (TPSA) is 41.5 Å². The lowest BCUT2D eigenvalue weighted by atomic mass is 10.1. The zero-order valence-corrected chi connectivity index (χ0v) is 15.4. The van der Waals surface area contributed by atoms with Gasteiger partial charge in [-0.15, -0.1) is 0 Å². The lowest BCUT2D eigenvalue weighted by Gasteiger charge is -2.24. The van der Waals surface area contributed by atoms with Gasteiger partial charge in [-0.05, 0) is 50.4 Å². The van der Waals surface area contributed by atoms with Crippen molar-refractivity contribution in [2.45, 2.75) is 53.2 Å². The largest absolute Gasteiger partial charge is 0.490 e. The molecule has 1 aromatic rings. The van der Waals surface area contributed by atoms with Crippen molar-refractivity contribution in [1.82, 2.24) is 5.32 Å². The van der Waals surface area contributed by atoms with E-state index >= 15 is 0 Å². The van der Waals surface area contributed by atoms with Gasteiger partial charge in [0, 0.05) is 16.6 Å². The monoisotopic (exact) mass is 357 g/mol. The standard InChI is InChI=1S/C17H28BrNO2/c1-6-17(5,20)11-21-16-13(4)7-15(18)8-14(16)10-19-9-12(2)3/h7-8,12,19-20H,6,9-11H2,1-5H3. The van der Waals surface area contributed by atoms with E-state index in [1.165, 1.54) is 0 Å². The van der Waals surface area contributed by atoms with Crippen molar-refractivity contribution in [2.24, 2.45) is 5.92 Å². The summed E-state index contributed by atoms with van der Waals surface area (Å²) in [4.78, 5) is 0. The zero-order chi connectivity index (χ0) is 16.0. The van der Waals surface area contributed by atoms with Crippen molar-refractivity contribution in [3.63, 3.8) is 0 Å². The molecule has 0 aromatic heterocycles. The SMILES string of the molecule is CCC(C)(O)COc1c(C)cc(Br)cc1CNCC(C)C. The van der Waals surface area contributed by atoms with Gasteiger partial charge in [0.2, 0.25) is 0 Å². The number of aliphatic hydroxyl groups is 1. The van der Waals surface area contributed by atoms with Crippen LogP contribution in [-0.2, 0) is 6.54 Å². The quantitative estimate of drug-likeness (QED) is 0.737. The first-order valence-corrected chi connectivity index (χ1v) is 8.39. The fourth-order valence-corrected chi connectivity index (χ4v) is 2.58. The van der Waals surface area contributed by atoms with Gasteiger partial charge < -0.3 is 15.2 Å². The second-order valence-electron chi connectivity index (χ2n) is 6.37. The zero-order valence-electron chi connectivity index (χ0n) is 13.8. The Labute approximate surface area is 137 Å². The van der Waals surface area contributed by atoms with Crippen molar-refractivity contribution in [1.29, 1.82) is 0 Å². The summed E-state index contributed by atoms with van der Waals surface area (Å²) in [6.45, 7) is 12.2. The number of aryl methyl sites for hydroxylation is 1. The molecular weight excluding hydrogens is 330 g/mol. The molecule has 120 valence electrons. The molecule has 0 spiro atoms. The van der Waals surface area contributed by atoms with E-state index in [0.29, 0.717) is 18.9 Å². The van der Waals surface area contributed by atoms with Crippen LogP contribution in [0.3, 0.4) is 0 Å². The number of halogens is 1. The van der Waals surface area contributed by atoms with Gasteiger partial charge in [0.15, 0.2) is 0 Å². The van der Waals surface area contributed by atoms with E-state index in [4.69, 9.17) is 4.74 Å². The average Bonchev–Trinajstić information content (AvgIpc) is 2.37. The van der Waals surface area contributed by atoms with Crippen LogP contribution in [-0.4, -0.2) is 23.9 Å². The maximum atomic E-state index is 10.1. The highest BCUT2D eigenvalue weighted by Crippen LogP contribution is 2.29. The van der Waals surface area contributed by atoms with Crippen molar-refractivity contribution >= 4 is 15.9 Å². The summed E-state index contributed by atoms with van der Waals surface area (Å²) < 4.78 is 6.98. The van der Waals surface area contributed by atoms with Crippen LogP contribution < -0.4 is 10.1 Å². The molecule has 21 heavy (non-hydrogen) atoms. The molecule has 1 aromatic carbocycles. The predicted molar refractivity (Wildman–Crippen MR) is 91.8 cm³/mol. The number of nitrogens with one attached hydrogen (secondary N) is 1. The fraction of sp³-hybridized carbons (Fsp3) is 0.647. The van der Waals surface area contributed by atoms with Gasteiger partial charge in [-0.2, -0.15) is 0 Å². The van der Waals surface area contributed by atoms with Gasteiger partial charge >= 0.3 is 0 Å². The van der Waals surface area contributed by atoms with Crippen LogP contribution >= 0.6 is 15.9 Å². The molecule has 3 nitrogen and oxygen atoms in total. The first kappa shape index (κ1) is 18.5. The maximum absolute atomic E-state index is 10.1. The molecular formula is C17H28BrNO2. The molecule has 0 aliphatic rings. The Bertz CT molecular complexity index is 458. The van der Waals surface area contributed by atoms with Crippen LogP contribution in [0.1, 0.15) is 45.2 Å². The fourth-order valence-electron chi connectivity index (χ4n) is 1.96. The summed E-state index contributed by atoms with van der Waals surface area (Å²) in [6.07, 6.45) is 0.670. The molecule has 0 bridgehead atoms. The number of benzene rings is 1. The van der Waals surface area contributed by atoms with E-state index in [1.54, 1.807) is 6.92 Å². The van der Waals surface area contributed by atoms with E-state index < -0.39 is 5.60 Å². The molecule has 0 saturated heterocycles. The van der Waals surface area contributed by atoms with Crippen molar-refractivity contribution in [3.8, 4) is 5.75 Å². The van der Waals surface area contributed by atoms with Crippen LogP contribution in [0.5, 0.6) is 5.75 Å². The minimum Gasteiger partial charge on any atom is -0.490 e. The first-order chi connectivity index (χ1) is 9.75. The van der Waals surface area contributed by atoms with E-state index in [2.05, 4.69) is 41.2 Å². The van der Waals surface area contributed by atoms with Gasteiger partial charge in [0.25, 0.3) is 0 Å². The second kappa shape index (κ2) is 8.16. The molecule has 2 N–H and O–H groups in total. The highest BCUT2D eigenvalue weighted by molar-refractivity contribution is 9.10. The maximum Gasteiger partial charge on any atom is 0.126 e. The summed E-state index contributed by atoms with van der Waals surface area (Å²) in [5.41, 5.74) is 1.41. The number of hydrogen-bond donors (Lipinski definition) is 2. The van der Waals surface area contributed by atoms with Gasteiger partial charge in [-0.25, -0.2) is 0 Å². The number of ether oxygens (including phenoxy) is 1. The van der Waals surface area contributed by atoms with Crippen molar-refractivity contribution < 1.29 is 9.84 Å². The molecule has 0 aliphatic heterocycles. The molecule has 0 fully saturated rings. The highest BCUT2D eigenvalue weighted by Gasteiger charge is 2.20. The molecule has 1 unspecified atom stereocenters. The van der Waals surface area contributed by atoms with Crippen LogP contribution in [0.4, 0.5) is 0 Å². The van der Waals surface area contributed by atoms with E-state index in [-0.39, 0.29) is 0 Å². The molecule has 1 rings (SSSR count). The highest BCUT2D eigenvalue weighted by atomic mass is 79.9. The van der Waals surface area contributed by atoms with Crippen LogP contribution in [0.2, 0.25) is 0 Å². The van der Waals surface area contributed by atoms with Crippen molar-refractivity contribution in [3.05, 3.63) is 27.7 Å². The Morgan fingerprint density at radius 3 is 2.62 bits per heavy atom. The predicted octanol–water partition coefficient (Wildman–Crippen LogP) is 4.04. The summed E-state index contributed by atoms with van der Waals surface area (Å²) in [5.74, 6) is 1.49. The summed E-state index contributed by atoms with van der Waals surface area (Å²) in [6, 6.07) is 4.12. The minimum atomic E-state index is -0.790. The van der Waals surface area contributed by atoms with E-state index in [9.17, 15) is 5.11 Å². The molecule has 4 heteroatoms. The van der Waals surface area contributed by atoms with Crippen LogP contribution in [0.15, 0.2) is 16.6 Å². The molecule has 0 heterocycles. The summed E-state index contributed by atoms with van der Waals surface area (Å²) >= 11 is 3.54. The normalized spacial score (nSPS) is 14.3. The lowest BCUT2D eigenvalue weighted by Crippen LogP contribution is -2.31. The van der Waals surface area contributed by atoms with Gasteiger partial charge in [-0.3, -0.25) is 0 Å². The molecule has 0 saturated carbocycles. The third-order valence-corrected chi connectivity index (χ3v) is 3.93. The molecule has 0 amide bonds. The number of hydrogen-bond acceptors (Lipinski definition) is 3. The molecule has 0 radical (unpaired) electrons.